The molecule has 0 atom stereocenters. The summed E-state index contributed by atoms with van der Waals surface area (Å²) in [5.41, 5.74) is 1.95. The van der Waals surface area contributed by atoms with Crippen LogP contribution in [0, 0.1) is 6.92 Å². The van der Waals surface area contributed by atoms with Crippen molar-refractivity contribution in [3.05, 3.63) is 93.8 Å². The molecule has 8 nitrogen and oxygen atoms in total. The molecular weight excluding hydrogens is 440 g/mol. The van der Waals surface area contributed by atoms with Gasteiger partial charge in [0.25, 0.3) is 11.8 Å². The van der Waals surface area contributed by atoms with Gasteiger partial charge in [-0.1, -0.05) is 35.6 Å². The van der Waals surface area contributed by atoms with Crippen LogP contribution in [0.2, 0.25) is 0 Å². The van der Waals surface area contributed by atoms with Gasteiger partial charge >= 0.3 is 0 Å². The normalized spacial score (nSPS) is 10.6. The number of carbonyl (C=O) groups is 2. The van der Waals surface area contributed by atoms with E-state index in [0.29, 0.717) is 29.2 Å². The van der Waals surface area contributed by atoms with Gasteiger partial charge in [-0.2, -0.15) is 0 Å². The van der Waals surface area contributed by atoms with Gasteiger partial charge in [0.1, 0.15) is 18.1 Å². The Hall–Kier alpha value is -3.98. The summed E-state index contributed by atoms with van der Waals surface area (Å²) >= 11 is 1.16. The van der Waals surface area contributed by atoms with E-state index in [-0.39, 0.29) is 17.5 Å². The summed E-state index contributed by atoms with van der Waals surface area (Å²) in [7, 11) is 0. The molecule has 33 heavy (non-hydrogen) atoms. The van der Waals surface area contributed by atoms with Gasteiger partial charge in [0, 0.05) is 24.2 Å². The first-order valence-corrected chi connectivity index (χ1v) is 11.1. The predicted octanol–water partition coefficient (Wildman–Crippen LogP) is 4.24. The molecule has 0 fully saturated rings. The van der Waals surface area contributed by atoms with E-state index < -0.39 is 5.91 Å². The minimum Gasteiger partial charge on any atom is -0.486 e. The Kier molecular flexibility index (Phi) is 7.11. The van der Waals surface area contributed by atoms with Crippen LogP contribution in [0.3, 0.4) is 0 Å². The van der Waals surface area contributed by atoms with Crippen molar-refractivity contribution in [3.8, 4) is 5.75 Å². The van der Waals surface area contributed by atoms with Crippen LogP contribution in [0.5, 0.6) is 5.75 Å². The van der Waals surface area contributed by atoms with Crippen LogP contribution in [0.15, 0.2) is 71.3 Å². The second-order valence-corrected chi connectivity index (χ2v) is 8.24. The zero-order chi connectivity index (χ0) is 23.0. The number of hydrogen-bond acceptors (Lipinski definition) is 7. The molecule has 0 aliphatic heterocycles. The first-order valence-electron chi connectivity index (χ1n) is 10.3. The highest BCUT2D eigenvalue weighted by molar-refractivity contribution is 7.13. The summed E-state index contributed by atoms with van der Waals surface area (Å²) in [5, 5.41) is 14.4. The number of aromatic nitrogens is 2. The minimum atomic E-state index is -0.398. The third-order valence-corrected chi connectivity index (χ3v) is 5.62. The molecule has 0 unspecified atom stereocenters. The molecule has 168 valence electrons. The molecule has 0 radical (unpaired) electrons. The number of ether oxygens (including phenoxy) is 1. The molecule has 0 spiro atoms. The van der Waals surface area contributed by atoms with Gasteiger partial charge in [0.05, 0.1) is 6.26 Å². The van der Waals surface area contributed by atoms with Crippen LogP contribution in [-0.4, -0.2) is 28.6 Å². The van der Waals surface area contributed by atoms with Gasteiger partial charge in [-0.3, -0.25) is 9.59 Å². The van der Waals surface area contributed by atoms with Gasteiger partial charge < -0.3 is 19.8 Å². The van der Waals surface area contributed by atoms with E-state index in [9.17, 15) is 9.59 Å². The Morgan fingerprint density at radius 2 is 1.91 bits per heavy atom. The second-order valence-electron chi connectivity index (χ2n) is 7.18. The van der Waals surface area contributed by atoms with Crippen molar-refractivity contribution in [2.75, 3.05) is 11.9 Å². The van der Waals surface area contributed by atoms with Crippen LogP contribution in [0.1, 0.15) is 36.5 Å². The highest BCUT2D eigenvalue weighted by Gasteiger charge is 2.15. The lowest BCUT2D eigenvalue weighted by molar-refractivity contribution is 0.0952. The summed E-state index contributed by atoms with van der Waals surface area (Å²) in [4.78, 5) is 25.0. The fraction of sp³-hybridized carbons (Fsp3) is 0.167. The average Bonchev–Trinajstić information content (AvgIpc) is 3.51. The van der Waals surface area contributed by atoms with Crippen LogP contribution < -0.4 is 15.4 Å². The van der Waals surface area contributed by atoms with E-state index in [0.717, 1.165) is 28.4 Å². The molecule has 0 saturated carbocycles. The number of para-hydroxylation sites is 1. The highest BCUT2D eigenvalue weighted by atomic mass is 32.1. The predicted molar refractivity (Wildman–Crippen MR) is 125 cm³/mol. The number of nitrogens with one attached hydrogen (secondary N) is 2. The minimum absolute atomic E-state index is 0.215. The number of aryl methyl sites for hydroxylation is 1. The maximum Gasteiger partial charge on any atom is 0.286 e. The molecule has 2 aromatic heterocycles. The number of anilines is 1. The van der Waals surface area contributed by atoms with Crippen LogP contribution in [0.4, 0.5) is 5.69 Å². The Morgan fingerprint density at radius 1 is 1.03 bits per heavy atom. The largest absolute Gasteiger partial charge is 0.486 e. The first kappa shape index (κ1) is 22.2. The Balaban J connectivity index is 1.31. The molecule has 0 aliphatic rings. The third kappa shape index (κ3) is 6.05. The molecule has 0 saturated heterocycles. The molecule has 0 aliphatic carbocycles. The van der Waals surface area contributed by atoms with Gasteiger partial charge in [-0.25, -0.2) is 0 Å². The van der Waals surface area contributed by atoms with Gasteiger partial charge in [0.15, 0.2) is 5.01 Å². The number of nitrogens with zero attached hydrogens (tertiary/aromatic N) is 2. The highest BCUT2D eigenvalue weighted by Crippen LogP contribution is 2.20. The lowest BCUT2D eigenvalue weighted by Gasteiger charge is -2.07. The molecule has 2 heterocycles. The van der Waals surface area contributed by atoms with Gasteiger partial charge in [0.2, 0.25) is 5.01 Å². The van der Waals surface area contributed by atoms with E-state index in [1.54, 1.807) is 30.5 Å². The zero-order valence-corrected chi connectivity index (χ0v) is 18.7. The summed E-state index contributed by atoms with van der Waals surface area (Å²) in [5.74, 6) is 0.934. The molecule has 9 heteroatoms. The second kappa shape index (κ2) is 10.6. The van der Waals surface area contributed by atoms with E-state index in [1.165, 1.54) is 0 Å². The van der Waals surface area contributed by atoms with E-state index in [4.69, 9.17) is 9.15 Å². The van der Waals surface area contributed by atoms with Crippen molar-refractivity contribution in [2.45, 2.75) is 20.0 Å². The SMILES string of the molecule is Cc1ccccc1OCc1nnc(C(=O)Nc2cccc(C(=O)NCCc3ccco3)c2)s1. The summed E-state index contributed by atoms with van der Waals surface area (Å²) < 4.78 is 11.0. The monoisotopic (exact) mass is 462 g/mol. The summed E-state index contributed by atoms with van der Waals surface area (Å²) in [6, 6.07) is 18.1. The lowest BCUT2D eigenvalue weighted by Crippen LogP contribution is -2.25. The van der Waals surface area contributed by atoms with Crippen molar-refractivity contribution in [3.63, 3.8) is 0 Å². The fourth-order valence-corrected chi connectivity index (χ4v) is 3.69. The fourth-order valence-electron chi connectivity index (χ4n) is 3.04. The number of hydrogen-bond donors (Lipinski definition) is 2. The Morgan fingerprint density at radius 3 is 2.73 bits per heavy atom. The van der Waals surface area contributed by atoms with Crippen molar-refractivity contribution in [1.29, 1.82) is 0 Å². The topological polar surface area (TPSA) is 106 Å². The molecule has 2 N–H and O–H groups in total. The smallest absolute Gasteiger partial charge is 0.286 e. The first-order chi connectivity index (χ1) is 16.1. The van der Waals surface area contributed by atoms with E-state index in [2.05, 4.69) is 20.8 Å². The Labute approximate surface area is 194 Å². The summed E-state index contributed by atoms with van der Waals surface area (Å²) in [6.07, 6.45) is 2.20. The average molecular weight is 463 g/mol. The van der Waals surface area contributed by atoms with Crippen LogP contribution in [-0.2, 0) is 13.0 Å². The standard InChI is InChI=1S/C24H22N4O4S/c1-16-6-2-3-10-20(16)32-15-21-27-28-24(33-21)23(30)26-18-8-4-7-17(14-18)22(29)25-12-11-19-9-5-13-31-19/h2-10,13-14H,11-12,15H2,1H3,(H,25,29)(H,26,30). The number of benzene rings is 2. The Bertz CT molecular complexity index is 1240. The summed E-state index contributed by atoms with van der Waals surface area (Å²) in [6.45, 7) is 2.63. The molecule has 4 rings (SSSR count). The van der Waals surface area contributed by atoms with Crippen LogP contribution in [0.25, 0.3) is 0 Å². The number of carbonyl (C=O) groups excluding carboxylic acids is 2. The zero-order valence-electron chi connectivity index (χ0n) is 17.9. The third-order valence-electron chi connectivity index (χ3n) is 4.73. The molecule has 0 bridgehead atoms. The number of rotatable bonds is 9. The lowest BCUT2D eigenvalue weighted by atomic mass is 10.2. The van der Waals surface area contributed by atoms with Gasteiger partial charge in [-0.05, 0) is 48.9 Å². The molecule has 2 amide bonds. The van der Waals surface area contributed by atoms with Crippen LogP contribution >= 0.6 is 11.3 Å². The van der Waals surface area contributed by atoms with Crippen molar-refractivity contribution < 1.29 is 18.7 Å². The molecule has 2 aromatic carbocycles. The van der Waals surface area contributed by atoms with E-state index in [1.807, 2.05) is 43.3 Å². The maximum absolute atomic E-state index is 12.6. The van der Waals surface area contributed by atoms with Crippen molar-refractivity contribution >= 4 is 28.8 Å². The number of furan rings is 1. The molecule has 4 aromatic rings. The van der Waals surface area contributed by atoms with Crippen molar-refractivity contribution in [1.82, 2.24) is 15.5 Å². The van der Waals surface area contributed by atoms with E-state index >= 15 is 0 Å². The quantitative estimate of drug-likeness (QED) is 0.385. The molecular formula is C24H22N4O4S. The van der Waals surface area contributed by atoms with Crippen molar-refractivity contribution in [2.24, 2.45) is 0 Å². The number of amides is 2. The van der Waals surface area contributed by atoms with Gasteiger partial charge in [-0.15, -0.1) is 10.2 Å². The maximum atomic E-state index is 12.6.